The molecule has 128 valence electrons. The van der Waals surface area contributed by atoms with Crippen molar-refractivity contribution in [2.75, 3.05) is 18.6 Å². The van der Waals surface area contributed by atoms with Gasteiger partial charge in [0.15, 0.2) is 11.5 Å². The topological polar surface area (TPSA) is 107 Å². The summed E-state index contributed by atoms with van der Waals surface area (Å²) in [5, 5.41) is 0. The second-order valence-corrected chi connectivity index (χ2v) is 4.64. The second kappa shape index (κ2) is 7.95. The van der Waals surface area contributed by atoms with E-state index >= 15 is 0 Å². The summed E-state index contributed by atoms with van der Waals surface area (Å²) in [5.41, 5.74) is 4.73. The largest absolute Gasteiger partial charge is 0.490 e. The lowest BCUT2D eigenvalue weighted by Gasteiger charge is -2.13. The van der Waals surface area contributed by atoms with E-state index in [2.05, 4.69) is 20.8 Å². The quantitative estimate of drug-likeness (QED) is 0.724. The molecule has 0 saturated heterocycles. The summed E-state index contributed by atoms with van der Waals surface area (Å²) >= 11 is 0. The average molecular weight is 333 g/mol. The normalized spacial score (nSPS) is 10.1. The minimum Gasteiger partial charge on any atom is -0.490 e. The van der Waals surface area contributed by atoms with Gasteiger partial charge in [-0.3, -0.25) is 20.2 Å². The maximum absolute atomic E-state index is 12.2. The summed E-state index contributed by atoms with van der Waals surface area (Å²) in [6, 6.07) is 5.11. The number of benzene rings is 1. The van der Waals surface area contributed by atoms with E-state index in [9.17, 15) is 9.59 Å². The zero-order valence-electron chi connectivity index (χ0n) is 13.7. The highest BCUT2D eigenvalue weighted by Crippen LogP contribution is 2.29. The first-order valence-corrected chi connectivity index (χ1v) is 7.43. The van der Waals surface area contributed by atoms with Crippen LogP contribution in [0.5, 0.6) is 11.5 Å². The van der Waals surface area contributed by atoms with Gasteiger partial charge in [0.2, 0.25) is 11.9 Å². The molecule has 0 aliphatic heterocycles. The number of anilines is 1. The SMILES string of the molecule is CCOc1ccc(-n2cnc(NNC(C)=O)nc2=O)cc1OCC. The molecule has 1 heterocycles. The highest BCUT2D eigenvalue weighted by molar-refractivity contribution is 5.73. The Kier molecular flexibility index (Phi) is 5.72. The summed E-state index contributed by atoms with van der Waals surface area (Å²) in [6.07, 6.45) is 1.31. The van der Waals surface area contributed by atoms with Gasteiger partial charge in [0.1, 0.15) is 6.33 Å². The molecule has 0 aliphatic carbocycles. The third-order valence-corrected chi connectivity index (χ3v) is 2.86. The van der Waals surface area contributed by atoms with E-state index in [1.54, 1.807) is 18.2 Å². The van der Waals surface area contributed by atoms with E-state index in [4.69, 9.17) is 9.47 Å². The van der Waals surface area contributed by atoms with E-state index in [1.165, 1.54) is 17.8 Å². The predicted octanol–water partition coefficient (Wildman–Crippen LogP) is 0.888. The van der Waals surface area contributed by atoms with Crippen molar-refractivity contribution in [3.8, 4) is 17.2 Å². The minimum atomic E-state index is -0.551. The highest BCUT2D eigenvalue weighted by atomic mass is 16.5. The number of amides is 1. The molecule has 9 heteroatoms. The number of hydrazine groups is 1. The molecule has 0 atom stereocenters. The van der Waals surface area contributed by atoms with Crippen molar-refractivity contribution in [1.82, 2.24) is 20.0 Å². The van der Waals surface area contributed by atoms with Gasteiger partial charge in [-0.15, -0.1) is 0 Å². The maximum atomic E-state index is 12.2. The van der Waals surface area contributed by atoms with Gasteiger partial charge in [-0.05, 0) is 26.0 Å². The van der Waals surface area contributed by atoms with E-state index in [-0.39, 0.29) is 11.9 Å². The molecule has 2 aromatic rings. The van der Waals surface area contributed by atoms with E-state index in [0.717, 1.165) is 0 Å². The van der Waals surface area contributed by atoms with Crippen LogP contribution in [0.15, 0.2) is 29.3 Å². The summed E-state index contributed by atoms with van der Waals surface area (Å²) in [5.74, 6) is 0.809. The molecule has 0 unspecified atom stereocenters. The fourth-order valence-corrected chi connectivity index (χ4v) is 1.91. The molecule has 9 nitrogen and oxygen atoms in total. The first kappa shape index (κ1) is 17.3. The Morgan fingerprint density at radius 1 is 1.21 bits per heavy atom. The van der Waals surface area contributed by atoms with Gasteiger partial charge in [-0.25, -0.2) is 9.78 Å². The Morgan fingerprint density at radius 3 is 2.54 bits per heavy atom. The van der Waals surface area contributed by atoms with Crippen LogP contribution in [-0.2, 0) is 4.79 Å². The third kappa shape index (κ3) is 4.22. The van der Waals surface area contributed by atoms with Crippen molar-refractivity contribution in [1.29, 1.82) is 0 Å². The predicted molar refractivity (Wildman–Crippen MR) is 87.4 cm³/mol. The van der Waals surface area contributed by atoms with Crippen LogP contribution in [-0.4, -0.2) is 33.7 Å². The Bertz CT molecular complexity index is 775. The second-order valence-electron chi connectivity index (χ2n) is 4.64. The molecule has 2 N–H and O–H groups in total. The lowest BCUT2D eigenvalue weighted by Crippen LogP contribution is -2.31. The molecule has 24 heavy (non-hydrogen) atoms. The van der Waals surface area contributed by atoms with Gasteiger partial charge in [-0.1, -0.05) is 0 Å². The van der Waals surface area contributed by atoms with Gasteiger partial charge in [-0.2, -0.15) is 4.98 Å². The molecule has 2 rings (SSSR count). The molecule has 0 aliphatic rings. The molecular weight excluding hydrogens is 314 g/mol. The van der Waals surface area contributed by atoms with Crippen LogP contribution >= 0.6 is 0 Å². The summed E-state index contributed by atoms with van der Waals surface area (Å²) < 4.78 is 12.3. The zero-order valence-corrected chi connectivity index (χ0v) is 13.7. The van der Waals surface area contributed by atoms with Crippen molar-refractivity contribution in [3.63, 3.8) is 0 Å². The molecule has 0 fully saturated rings. The fourth-order valence-electron chi connectivity index (χ4n) is 1.91. The monoisotopic (exact) mass is 333 g/mol. The van der Waals surface area contributed by atoms with Crippen molar-refractivity contribution in [3.05, 3.63) is 35.0 Å². The van der Waals surface area contributed by atoms with Crippen molar-refractivity contribution in [2.45, 2.75) is 20.8 Å². The van der Waals surface area contributed by atoms with Gasteiger partial charge < -0.3 is 9.47 Å². The zero-order chi connectivity index (χ0) is 17.5. The number of rotatable bonds is 7. The molecule has 1 aromatic carbocycles. The van der Waals surface area contributed by atoms with Crippen LogP contribution in [0.2, 0.25) is 0 Å². The summed E-state index contributed by atoms with van der Waals surface area (Å²) in [6.45, 7) is 6.03. The molecule has 0 spiro atoms. The molecule has 0 bridgehead atoms. The molecule has 1 aromatic heterocycles. The van der Waals surface area contributed by atoms with Crippen molar-refractivity contribution in [2.24, 2.45) is 0 Å². The average Bonchev–Trinajstić information content (AvgIpc) is 2.55. The Morgan fingerprint density at radius 2 is 1.92 bits per heavy atom. The van der Waals surface area contributed by atoms with E-state index in [0.29, 0.717) is 30.4 Å². The first-order valence-electron chi connectivity index (χ1n) is 7.43. The Hall–Kier alpha value is -3.10. The lowest BCUT2D eigenvalue weighted by molar-refractivity contribution is -0.118. The standard InChI is InChI=1S/C15H19N5O4/c1-4-23-12-7-6-11(8-13(12)24-5-2)20-9-16-14(17-15(20)22)19-18-10(3)21/h6-9H,4-5H2,1-3H3,(H,18,21)(H,17,19,22). The minimum absolute atomic E-state index is 0.00224. The third-order valence-electron chi connectivity index (χ3n) is 2.86. The highest BCUT2D eigenvalue weighted by Gasteiger charge is 2.10. The van der Waals surface area contributed by atoms with Gasteiger partial charge >= 0.3 is 5.69 Å². The van der Waals surface area contributed by atoms with Crippen LogP contribution < -0.4 is 26.0 Å². The lowest BCUT2D eigenvalue weighted by atomic mass is 10.2. The van der Waals surface area contributed by atoms with E-state index in [1.807, 2.05) is 13.8 Å². The maximum Gasteiger partial charge on any atom is 0.356 e. The number of ether oxygens (including phenoxy) is 2. The number of nitrogens with zero attached hydrogens (tertiary/aromatic N) is 3. The number of nitrogens with one attached hydrogen (secondary N) is 2. The molecule has 0 saturated carbocycles. The van der Waals surface area contributed by atoms with E-state index < -0.39 is 5.69 Å². The van der Waals surface area contributed by atoms with Crippen LogP contribution in [0.4, 0.5) is 5.95 Å². The van der Waals surface area contributed by atoms with Gasteiger partial charge in [0, 0.05) is 13.0 Å². The fraction of sp³-hybridized carbons (Fsp3) is 0.333. The number of aromatic nitrogens is 3. The van der Waals surface area contributed by atoms with Crippen LogP contribution in [0, 0.1) is 0 Å². The number of carbonyl (C=O) groups is 1. The Balaban J connectivity index is 2.32. The Labute approximate surface area is 138 Å². The van der Waals surface area contributed by atoms with Crippen LogP contribution in [0.25, 0.3) is 5.69 Å². The summed E-state index contributed by atoms with van der Waals surface area (Å²) in [4.78, 5) is 30.7. The number of carbonyl (C=O) groups excluding carboxylic acids is 1. The van der Waals surface area contributed by atoms with Gasteiger partial charge in [0.25, 0.3) is 0 Å². The summed E-state index contributed by atoms with van der Waals surface area (Å²) in [7, 11) is 0. The smallest absolute Gasteiger partial charge is 0.356 e. The van der Waals surface area contributed by atoms with Crippen molar-refractivity contribution >= 4 is 11.9 Å². The number of hydrogen-bond acceptors (Lipinski definition) is 7. The van der Waals surface area contributed by atoms with Crippen LogP contribution in [0.1, 0.15) is 20.8 Å². The van der Waals surface area contributed by atoms with Crippen LogP contribution in [0.3, 0.4) is 0 Å². The molecule has 0 radical (unpaired) electrons. The first-order chi connectivity index (χ1) is 11.5. The van der Waals surface area contributed by atoms with Crippen molar-refractivity contribution < 1.29 is 14.3 Å². The molecule has 1 amide bonds. The molecular formula is C15H19N5O4. The van der Waals surface area contributed by atoms with Gasteiger partial charge in [0.05, 0.1) is 18.9 Å². The number of hydrogen-bond donors (Lipinski definition) is 2.